The van der Waals surface area contributed by atoms with E-state index in [9.17, 15) is 18.0 Å². The van der Waals surface area contributed by atoms with Crippen LogP contribution in [0.3, 0.4) is 0 Å². The molecule has 0 bridgehead atoms. The van der Waals surface area contributed by atoms with Gasteiger partial charge in [-0.3, -0.25) is 13.9 Å². The Hall–Kier alpha value is -3.07. The molecule has 2 aromatic rings. The molecule has 0 radical (unpaired) electrons. The highest BCUT2D eigenvalue weighted by molar-refractivity contribution is 7.92. The fourth-order valence-electron chi connectivity index (χ4n) is 4.09. The Morgan fingerprint density at radius 1 is 1.00 bits per heavy atom. The van der Waals surface area contributed by atoms with Gasteiger partial charge in [-0.05, 0) is 53.6 Å². The van der Waals surface area contributed by atoms with Crippen molar-refractivity contribution in [3.05, 3.63) is 59.7 Å². The van der Waals surface area contributed by atoms with E-state index >= 15 is 0 Å². The van der Waals surface area contributed by atoms with Crippen molar-refractivity contribution >= 4 is 27.5 Å². The summed E-state index contributed by atoms with van der Waals surface area (Å²) in [6, 6.07) is 13.7. The van der Waals surface area contributed by atoms with Crippen LogP contribution in [0.4, 0.5) is 5.69 Å². The number of benzene rings is 2. The van der Waals surface area contributed by atoms with Crippen molar-refractivity contribution in [3.8, 4) is 5.75 Å². The van der Waals surface area contributed by atoms with E-state index in [1.165, 1.54) is 4.90 Å². The first-order valence-electron chi connectivity index (χ1n) is 13.1. The molecule has 0 unspecified atom stereocenters. The van der Waals surface area contributed by atoms with Gasteiger partial charge < -0.3 is 15.0 Å². The summed E-state index contributed by atoms with van der Waals surface area (Å²) in [5, 5.41) is 2.92. The van der Waals surface area contributed by atoms with E-state index in [0.29, 0.717) is 24.4 Å². The van der Waals surface area contributed by atoms with Gasteiger partial charge in [-0.2, -0.15) is 0 Å². The van der Waals surface area contributed by atoms with Crippen LogP contribution >= 0.6 is 0 Å². The Morgan fingerprint density at radius 2 is 1.61 bits per heavy atom. The van der Waals surface area contributed by atoms with Crippen LogP contribution in [-0.4, -0.2) is 57.6 Å². The summed E-state index contributed by atoms with van der Waals surface area (Å²) < 4.78 is 32.0. The lowest BCUT2D eigenvalue weighted by Crippen LogP contribution is -2.52. The van der Waals surface area contributed by atoms with Crippen LogP contribution in [0, 0.1) is 0 Å². The number of hydrogen-bond donors (Lipinski definition) is 1. The third-order valence-electron chi connectivity index (χ3n) is 6.43. The second-order valence-corrected chi connectivity index (χ2v) is 12.4. The molecule has 0 saturated carbocycles. The molecule has 1 atom stereocenters. The largest absolute Gasteiger partial charge is 0.497 e. The topological polar surface area (TPSA) is 96.0 Å². The summed E-state index contributed by atoms with van der Waals surface area (Å²) in [5.41, 5.74) is 2.16. The van der Waals surface area contributed by atoms with Gasteiger partial charge in [0.25, 0.3) is 0 Å². The fraction of sp³-hybridized carbons (Fsp3) is 0.517. The van der Waals surface area contributed by atoms with Crippen molar-refractivity contribution in [3.63, 3.8) is 0 Å². The Bertz CT molecular complexity index is 1160. The summed E-state index contributed by atoms with van der Waals surface area (Å²) in [5.74, 6) is -0.0233. The molecular weight excluding hydrogens is 502 g/mol. The highest BCUT2D eigenvalue weighted by Crippen LogP contribution is 2.26. The van der Waals surface area contributed by atoms with Crippen LogP contribution in [0.25, 0.3) is 0 Å². The first-order valence-corrected chi connectivity index (χ1v) is 14.9. The molecule has 2 rings (SSSR count). The number of carbonyl (C=O) groups excluding carboxylic acids is 2. The minimum atomic E-state index is -3.78. The highest BCUT2D eigenvalue weighted by atomic mass is 32.2. The van der Waals surface area contributed by atoms with E-state index in [1.807, 2.05) is 38.1 Å². The maximum Gasteiger partial charge on any atom is 0.244 e. The van der Waals surface area contributed by atoms with Gasteiger partial charge in [-0.1, -0.05) is 65.3 Å². The SMILES string of the molecule is CCCCNC(=O)[C@@H](CC)N(Cc1ccc(OC)cc1)C(=O)CN(c1ccc(C(C)(C)C)cc1)S(C)(=O)=O. The van der Waals surface area contributed by atoms with Crippen molar-refractivity contribution in [2.45, 2.75) is 71.9 Å². The molecule has 2 aromatic carbocycles. The Balaban J connectivity index is 2.41. The number of nitrogens with zero attached hydrogens (tertiary/aromatic N) is 2. The third-order valence-corrected chi connectivity index (χ3v) is 7.57. The zero-order chi connectivity index (χ0) is 28.5. The summed E-state index contributed by atoms with van der Waals surface area (Å²) in [7, 11) is -2.20. The van der Waals surface area contributed by atoms with E-state index in [0.717, 1.165) is 34.5 Å². The van der Waals surface area contributed by atoms with Crippen LogP contribution in [0.5, 0.6) is 5.75 Å². The predicted octanol–water partition coefficient (Wildman–Crippen LogP) is 4.48. The fourth-order valence-corrected chi connectivity index (χ4v) is 4.94. The molecule has 2 amide bonds. The average molecular weight is 546 g/mol. The van der Waals surface area contributed by atoms with Gasteiger partial charge >= 0.3 is 0 Å². The van der Waals surface area contributed by atoms with Crippen LogP contribution in [0.1, 0.15) is 65.0 Å². The van der Waals surface area contributed by atoms with E-state index in [2.05, 4.69) is 26.1 Å². The molecule has 8 nitrogen and oxygen atoms in total. The number of ether oxygens (including phenoxy) is 1. The zero-order valence-electron chi connectivity index (χ0n) is 23.8. The lowest BCUT2D eigenvalue weighted by Gasteiger charge is -2.33. The van der Waals surface area contributed by atoms with Crippen LogP contribution in [0.2, 0.25) is 0 Å². The summed E-state index contributed by atoms with van der Waals surface area (Å²) in [4.78, 5) is 28.4. The monoisotopic (exact) mass is 545 g/mol. The standard InChI is InChI=1S/C29H43N3O5S/c1-8-10-19-30-28(34)26(9-2)31(20-22-11-17-25(37-6)18-12-22)27(33)21-32(38(7,35)36)24-15-13-23(14-16-24)29(3,4)5/h11-18,26H,8-10,19-21H2,1-7H3,(H,30,34)/t26-/m1/s1. The number of amides is 2. The molecule has 9 heteroatoms. The Morgan fingerprint density at radius 3 is 2.08 bits per heavy atom. The van der Waals surface area contributed by atoms with Gasteiger partial charge in [-0.15, -0.1) is 0 Å². The molecule has 0 saturated heterocycles. The summed E-state index contributed by atoms with van der Waals surface area (Å²) in [6.07, 6.45) is 3.24. The van der Waals surface area contributed by atoms with E-state index < -0.39 is 28.5 Å². The van der Waals surface area contributed by atoms with Gasteiger partial charge in [0, 0.05) is 13.1 Å². The zero-order valence-corrected chi connectivity index (χ0v) is 24.6. The maximum absolute atomic E-state index is 13.8. The summed E-state index contributed by atoms with van der Waals surface area (Å²) >= 11 is 0. The third kappa shape index (κ3) is 8.75. The molecule has 38 heavy (non-hydrogen) atoms. The van der Waals surface area contributed by atoms with E-state index in [1.54, 1.807) is 31.4 Å². The number of carbonyl (C=O) groups is 2. The number of sulfonamides is 1. The van der Waals surface area contributed by atoms with Gasteiger partial charge in [0.15, 0.2) is 0 Å². The van der Waals surface area contributed by atoms with Crippen molar-refractivity contribution in [1.29, 1.82) is 0 Å². The minimum absolute atomic E-state index is 0.0983. The normalized spacial score (nSPS) is 12.5. The molecule has 0 heterocycles. The van der Waals surface area contributed by atoms with Crippen LogP contribution in [-0.2, 0) is 31.6 Å². The van der Waals surface area contributed by atoms with Gasteiger partial charge in [0.2, 0.25) is 21.8 Å². The average Bonchev–Trinajstić information content (AvgIpc) is 2.86. The second kappa shape index (κ2) is 13.6. The lowest BCUT2D eigenvalue weighted by atomic mass is 9.87. The number of anilines is 1. The van der Waals surface area contributed by atoms with Gasteiger partial charge in [0.05, 0.1) is 19.1 Å². The maximum atomic E-state index is 13.8. The predicted molar refractivity (Wildman–Crippen MR) is 153 cm³/mol. The number of nitrogens with one attached hydrogen (secondary N) is 1. The number of unbranched alkanes of at least 4 members (excludes halogenated alkanes) is 1. The molecule has 0 aromatic heterocycles. The molecule has 0 aliphatic rings. The Kier molecular flexibility index (Phi) is 11.2. The minimum Gasteiger partial charge on any atom is -0.497 e. The van der Waals surface area contributed by atoms with E-state index in [-0.39, 0.29) is 17.9 Å². The second-order valence-electron chi connectivity index (χ2n) is 10.5. The molecule has 0 aliphatic carbocycles. The molecule has 210 valence electrons. The molecule has 0 fully saturated rings. The van der Waals surface area contributed by atoms with Gasteiger partial charge in [0.1, 0.15) is 18.3 Å². The molecular formula is C29H43N3O5S. The smallest absolute Gasteiger partial charge is 0.244 e. The highest BCUT2D eigenvalue weighted by Gasteiger charge is 2.31. The van der Waals surface area contributed by atoms with Crippen molar-refractivity contribution < 1.29 is 22.7 Å². The quantitative estimate of drug-likeness (QED) is 0.375. The number of rotatable bonds is 13. The van der Waals surface area contributed by atoms with Crippen molar-refractivity contribution in [1.82, 2.24) is 10.2 Å². The van der Waals surface area contributed by atoms with E-state index in [4.69, 9.17) is 4.74 Å². The molecule has 1 N–H and O–H groups in total. The number of hydrogen-bond acceptors (Lipinski definition) is 5. The first-order chi connectivity index (χ1) is 17.8. The molecule has 0 spiro atoms. The Labute approximate surface area is 228 Å². The van der Waals surface area contributed by atoms with Crippen molar-refractivity contribution in [2.75, 3.05) is 30.8 Å². The number of methoxy groups -OCH3 is 1. The van der Waals surface area contributed by atoms with Crippen LogP contribution < -0.4 is 14.4 Å². The molecule has 0 aliphatic heterocycles. The summed E-state index contributed by atoms with van der Waals surface area (Å²) in [6.45, 7) is 10.4. The van der Waals surface area contributed by atoms with Crippen LogP contribution in [0.15, 0.2) is 48.5 Å². The lowest BCUT2D eigenvalue weighted by molar-refractivity contribution is -0.140. The first kappa shape index (κ1) is 31.1. The van der Waals surface area contributed by atoms with Gasteiger partial charge in [-0.25, -0.2) is 8.42 Å². The van der Waals surface area contributed by atoms with Crippen molar-refractivity contribution in [2.24, 2.45) is 0 Å².